The monoisotopic (exact) mass is 446 g/mol. The quantitative estimate of drug-likeness (QED) is 0.584. The van der Waals surface area contributed by atoms with Crippen LogP contribution in [0.3, 0.4) is 0 Å². The first-order valence-corrected chi connectivity index (χ1v) is 11.3. The second-order valence-corrected chi connectivity index (χ2v) is 8.88. The number of aromatic nitrogens is 2. The summed E-state index contributed by atoms with van der Waals surface area (Å²) in [4.78, 5) is 13.3. The fourth-order valence-electron chi connectivity index (χ4n) is 4.46. The summed E-state index contributed by atoms with van der Waals surface area (Å²) in [6, 6.07) is 11.1. The molecule has 160 valence electrons. The number of hydrogen-bond donors (Lipinski definition) is 1. The Morgan fingerprint density at radius 2 is 2.00 bits per heavy atom. The molecule has 2 aromatic heterocycles. The molecule has 1 atom stereocenters. The Bertz CT molecular complexity index is 1310. The van der Waals surface area contributed by atoms with Crippen LogP contribution in [0.25, 0.3) is 16.7 Å². The Morgan fingerprint density at radius 1 is 1.09 bits per heavy atom. The standard InChI is InChI=1S/C24H19FN4O2S/c25-21-17(2-1-7-27-21)15-3-4-20-18(10-15)24(13-32-23(26)29-24)19-11-16(12-28-22(19)31-20)14-5-8-30-9-6-14/h1-5,7,10-12H,6,8-9,13H2,(H2,26,29). The van der Waals surface area contributed by atoms with Crippen molar-refractivity contribution in [1.29, 1.82) is 0 Å². The third-order valence-electron chi connectivity index (χ3n) is 6.06. The van der Waals surface area contributed by atoms with Gasteiger partial charge in [-0.05, 0) is 53.5 Å². The van der Waals surface area contributed by atoms with Gasteiger partial charge in [-0.15, -0.1) is 0 Å². The number of rotatable bonds is 2. The number of fused-ring (bicyclic) bond motifs is 4. The van der Waals surface area contributed by atoms with Crippen LogP contribution in [0.2, 0.25) is 0 Å². The number of nitrogens with two attached hydrogens (primary N) is 1. The lowest BCUT2D eigenvalue weighted by Gasteiger charge is -2.34. The van der Waals surface area contributed by atoms with E-state index in [0.717, 1.165) is 23.1 Å². The molecule has 3 aliphatic rings. The van der Waals surface area contributed by atoms with Gasteiger partial charge in [0.2, 0.25) is 11.8 Å². The zero-order valence-electron chi connectivity index (χ0n) is 17.0. The maximum Gasteiger partial charge on any atom is 0.225 e. The largest absolute Gasteiger partial charge is 0.438 e. The van der Waals surface area contributed by atoms with Crippen LogP contribution in [0, 0.1) is 5.95 Å². The molecule has 3 aliphatic heterocycles. The molecule has 0 bridgehead atoms. The molecular formula is C24H19FN4O2S. The van der Waals surface area contributed by atoms with Crippen LogP contribution < -0.4 is 10.5 Å². The molecule has 1 spiro atoms. The van der Waals surface area contributed by atoms with Gasteiger partial charge in [-0.1, -0.05) is 23.9 Å². The van der Waals surface area contributed by atoms with E-state index in [1.807, 2.05) is 24.4 Å². The van der Waals surface area contributed by atoms with Crippen LogP contribution >= 0.6 is 11.8 Å². The van der Waals surface area contributed by atoms with Crippen LogP contribution in [-0.2, 0) is 10.3 Å². The van der Waals surface area contributed by atoms with Gasteiger partial charge in [0, 0.05) is 34.8 Å². The van der Waals surface area contributed by atoms with Gasteiger partial charge >= 0.3 is 0 Å². The highest BCUT2D eigenvalue weighted by molar-refractivity contribution is 8.14. The zero-order chi connectivity index (χ0) is 21.7. The van der Waals surface area contributed by atoms with Gasteiger partial charge in [0.1, 0.15) is 11.3 Å². The van der Waals surface area contributed by atoms with Crippen LogP contribution in [0.1, 0.15) is 23.1 Å². The van der Waals surface area contributed by atoms with E-state index in [1.54, 1.807) is 12.1 Å². The van der Waals surface area contributed by atoms with Crippen LogP contribution in [0.5, 0.6) is 11.6 Å². The molecule has 6 rings (SSSR count). The zero-order valence-corrected chi connectivity index (χ0v) is 17.9. The van der Waals surface area contributed by atoms with Crippen molar-refractivity contribution in [2.45, 2.75) is 12.0 Å². The molecule has 0 fully saturated rings. The fraction of sp³-hybridized carbons (Fsp3) is 0.208. The lowest BCUT2D eigenvalue weighted by Crippen LogP contribution is -2.31. The number of pyridine rings is 2. The molecule has 2 N–H and O–H groups in total. The van der Waals surface area contributed by atoms with Crippen LogP contribution in [-0.4, -0.2) is 34.1 Å². The molecule has 3 aromatic rings. The Labute approximate surface area is 188 Å². The average molecular weight is 447 g/mol. The van der Waals surface area contributed by atoms with Crippen molar-refractivity contribution in [3.63, 3.8) is 0 Å². The molecule has 1 aromatic carbocycles. The van der Waals surface area contributed by atoms with E-state index >= 15 is 0 Å². The smallest absolute Gasteiger partial charge is 0.225 e. The fourth-order valence-corrected chi connectivity index (χ4v) is 5.41. The molecule has 0 saturated heterocycles. The van der Waals surface area contributed by atoms with Crippen molar-refractivity contribution in [2.75, 3.05) is 19.0 Å². The summed E-state index contributed by atoms with van der Waals surface area (Å²) in [7, 11) is 0. The lowest BCUT2D eigenvalue weighted by atomic mass is 9.81. The van der Waals surface area contributed by atoms with Crippen molar-refractivity contribution in [3.8, 4) is 22.8 Å². The van der Waals surface area contributed by atoms with Gasteiger partial charge in [0.25, 0.3) is 0 Å². The molecule has 0 amide bonds. The normalized spacial score (nSPS) is 21.4. The van der Waals surface area contributed by atoms with E-state index in [1.165, 1.54) is 23.5 Å². The number of nitrogens with zero attached hydrogens (tertiary/aromatic N) is 3. The van der Waals surface area contributed by atoms with E-state index in [0.29, 0.717) is 46.9 Å². The Morgan fingerprint density at radius 3 is 2.78 bits per heavy atom. The highest BCUT2D eigenvalue weighted by Crippen LogP contribution is 2.53. The van der Waals surface area contributed by atoms with E-state index < -0.39 is 11.5 Å². The van der Waals surface area contributed by atoms with Crippen molar-refractivity contribution in [1.82, 2.24) is 9.97 Å². The SMILES string of the molecule is NC1=NC2(CS1)c1cc(-c3cccnc3F)ccc1Oc1ncc(C3=CCOCC3)cc12. The summed E-state index contributed by atoms with van der Waals surface area (Å²) in [6.45, 7) is 1.28. The Kier molecular flexibility index (Phi) is 4.51. The van der Waals surface area contributed by atoms with E-state index in [2.05, 4.69) is 22.1 Å². The molecule has 0 radical (unpaired) electrons. The summed E-state index contributed by atoms with van der Waals surface area (Å²) in [6.07, 6.45) is 6.19. The number of aliphatic imine (C=N–C) groups is 1. The number of ether oxygens (including phenoxy) is 2. The maximum absolute atomic E-state index is 14.4. The molecular weight excluding hydrogens is 427 g/mol. The third kappa shape index (κ3) is 3.02. The summed E-state index contributed by atoms with van der Waals surface area (Å²) in [5, 5.41) is 0.512. The summed E-state index contributed by atoms with van der Waals surface area (Å²) in [5.74, 6) is 1.27. The first-order chi connectivity index (χ1) is 15.6. The molecule has 32 heavy (non-hydrogen) atoms. The minimum absolute atomic E-state index is 0.429. The average Bonchev–Trinajstić information content (AvgIpc) is 3.22. The van der Waals surface area contributed by atoms with Gasteiger partial charge in [-0.25, -0.2) is 15.0 Å². The van der Waals surface area contributed by atoms with E-state index in [4.69, 9.17) is 20.2 Å². The van der Waals surface area contributed by atoms with Crippen LogP contribution in [0.15, 0.2) is 59.9 Å². The van der Waals surface area contributed by atoms with E-state index in [-0.39, 0.29) is 0 Å². The topological polar surface area (TPSA) is 82.6 Å². The molecule has 8 heteroatoms. The first kappa shape index (κ1) is 19.5. The van der Waals surface area contributed by atoms with E-state index in [9.17, 15) is 4.39 Å². The van der Waals surface area contributed by atoms with Gasteiger partial charge in [0.05, 0.1) is 13.2 Å². The highest BCUT2D eigenvalue weighted by Gasteiger charge is 2.46. The second kappa shape index (κ2) is 7.43. The van der Waals surface area contributed by atoms with Gasteiger partial charge in [-0.3, -0.25) is 0 Å². The second-order valence-electron chi connectivity index (χ2n) is 7.88. The van der Waals surface area contributed by atoms with Gasteiger partial charge in [-0.2, -0.15) is 4.39 Å². The summed E-state index contributed by atoms with van der Waals surface area (Å²) >= 11 is 1.50. The summed E-state index contributed by atoms with van der Waals surface area (Å²) < 4.78 is 26.0. The minimum atomic E-state index is -0.749. The van der Waals surface area contributed by atoms with Gasteiger partial charge < -0.3 is 15.2 Å². The van der Waals surface area contributed by atoms with Crippen molar-refractivity contribution >= 4 is 22.5 Å². The third-order valence-corrected chi connectivity index (χ3v) is 7.01. The molecule has 5 heterocycles. The van der Waals surface area contributed by atoms with Gasteiger partial charge in [0.15, 0.2) is 5.17 Å². The predicted molar refractivity (Wildman–Crippen MR) is 122 cm³/mol. The Balaban J connectivity index is 1.54. The first-order valence-electron chi connectivity index (χ1n) is 10.3. The molecule has 1 unspecified atom stereocenters. The summed E-state index contributed by atoms with van der Waals surface area (Å²) in [5.41, 5.74) is 10.5. The Hall–Kier alpha value is -3.23. The predicted octanol–water partition coefficient (Wildman–Crippen LogP) is 4.50. The van der Waals surface area contributed by atoms with Crippen molar-refractivity contribution in [2.24, 2.45) is 10.7 Å². The van der Waals surface area contributed by atoms with Crippen molar-refractivity contribution < 1.29 is 13.9 Å². The molecule has 0 aliphatic carbocycles. The number of amidine groups is 1. The van der Waals surface area contributed by atoms with Crippen molar-refractivity contribution in [3.05, 3.63) is 77.5 Å². The molecule has 0 saturated carbocycles. The lowest BCUT2D eigenvalue weighted by molar-refractivity contribution is 0.161. The molecule has 6 nitrogen and oxygen atoms in total. The number of halogens is 1. The minimum Gasteiger partial charge on any atom is -0.438 e. The number of benzene rings is 1. The van der Waals surface area contributed by atoms with Crippen LogP contribution in [0.4, 0.5) is 4.39 Å². The maximum atomic E-state index is 14.4. The number of thioether (sulfide) groups is 1. The highest BCUT2D eigenvalue weighted by atomic mass is 32.2. The number of hydrogen-bond acceptors (Lipinski definition) is 7.